The first kappa shape index (κ1) is 12.6. The van der Waals surface area contributed by atoms with Crippen molar-refractivity contribution in [2.75, 3.05) is 0 Å². The summed E-state index contributed by atoms with van der Waals surface area (Å²) in [6.07, 6.45) is 4.91. The molecular formula is C15H15BrN2O. The number of rotatable bonds is 2. The fourth-order valence-corrected chi connectivity index (χ4v) is 3.14. The minimum Gasteiger partial charge on any atom is -0.296 e. The quantitative estimate of drug-likeness (QED) is 0.793. The second-order valence-corrected chi connectivity index (χ2v) is 5.87. The molecule has 1 atom stereocenters. The Bertz CT molecular complexity index is 705. The van der Waals surface area contributed by atoms with Crippen LogP contribution in [0.4, 0.5) is 0 Å². The molecule has 3 rings (SSSR count). The largest absolute Gasteiger partial charge is 0.296 e. The number of allylic oxidation sites excluding steroid dienone is 1. The van der Waals surface area contributed by atoms with Gasteiger partial charge in [0.05, 0.1) is 10.9 Å². The fourth-order valence-electron chi connectivity index (χ4n) is 2.79. The highest BCUT2D eigenvalue weighted by Crippen LogP contribution is 2.29. The lowest BCUT2D eigenvalue weighted by Crippen LogP contribution is -2.30. The van der Waals surface area contributed by atoms with Gasteiger partial charge in [0.25, 0.3) is 5.56 Å². The third kappa shape index (κ3) is 2.14. The van der Waals surface area contributed by atoms with E-state index in [1.54, 1.807) is 0 Å². The molecule has 0 bridgehead atoms. The first-order chi connectivity index (χ1) is 9.20. The van der Waals surface area contributed by atoms with Crippen LogP contribution < -0.4 is 5.56 Å². The van der Waals surface area contributed by atoms with Crippen LogP contribution in [0.15, 0.2) is 40.1 Å². The number of benzene rings is 1. The van der Waals surface area contributed by atoms with E-state index in [-0.39, 0.29) is 5.56 Å². The molecule has 1 unspecified atom stereocenters. The maximum absolute atomic E-state index is 12.5. The summed E-state index contributed by atoms with van der Waals surface area (Å²) in [7, 11) is 0. The number of halogens is 1. The van der Waals surface area contributed by atoms with E-state index in [2.05, 4.69) is 22.5 Å². The Hall–Kier alpha value is -1.42. The zero-order valence-electron chi connectivity index (χ0n) is 10.6. The average Bonchev–Trinajstić information content (AvgIpc) is 2.40. The van der Waals surface area contributed by atoms with Crippen molar-refractivity contribution in [2.24, 2.45) is 0 Å². The normalized spacial score (nSPS) is 18.3. The molecule has 0 spiro atoms. The molecule has 3 nitrogen and oxygen atoms in total. The number of hydrogen-bond donors (Lipinski definition) is 0. The van der Waals surface area contributed by atoms with Crippen molar-refractivity contribution >= 4 is 26.8 Å². The third-order valence-electron chi connectivity index (χ3n) is 3.70. The number of fused-ring (bicyclic) bond motifs is 2. The minimum atomic E-state index is 0.0845. The predicted octanol–water partition coefficient (Wildman–Crippen LogP) is 3.61. The van der Waals surface area contributed by atoms with Crippen LogP contribution in [-0.4, -0.2) is 9.55 Å². The summed E-state index contributed by atoms with van der Waals surface area (Å²) in [6, 6.07) is 5.65. The van der Waals surface area contributed by atoms with Gasteiger partial charge in [-0.25, -0.2) is 4.98 Å². The zero-order valence-corrected chi connectivity index (χ0v) is 12.2. The van der Waals surface area contributed by atoms with Crippen LogP contribution in [0.2, 0.25) is 0 Å². The molecule has 0 saturated carbocycles. The predicted molar refractivity (Wildman–Crippen MR) is 80.5 cm³/mol. The zero-order chi connectivity index (χ0) is 13.4. The molecule has 1 aromatic carbocycles. The Balaban J connectivity index is 2.28. The Morgan fingerprint density at radius 1 is 1.53 bits per heavy atom. The van der Waals surface area contributed by atoms with Crippen molar-refractivity contribution in [3.8, 4) is 0 Å². The molecule has 4 heteroatoms. The average molecular weight is 319 g/mol. The smallest absolute Gasteiger partial charge is 0.261 e. The molecule has 2 heterocycles. The van der Waals surface area contributed by atoms with Crippen LogP contribution in [0.5, 0.6) is 0 Å². The first-order valence-electron chi connectivity index (χ1n) is 6.51. The van der Waals surface area contributed by atoms with E-state index in [1.165, 1.54) is 0 Å². The van der Waals surface area contributed by atoms with Crippen molar-refractivity contribution in [3.05, 3.63) is 51.5 Å². The van der Waals surface area contributed by atoms with Gasteiger partial charge in [0.2, 0.25) is 0 Å². The Labute approximate surface area is 120 Å². The minimum absolute atomic E-state index is 0.0845. The molecule has 19 heavy (non-hydrogen) atoms. The van der Waals surface area contributed by atoms with Crippen molar-refractivity contribution < 1.29 is 0 Å². The molecule has 0 fully saturated rings. The molecule has 1 aliphatic rings. The summed E-state index contributed by atoms with van der Waals surface area (Å²) < 4.78 is 2.79. The van der Waals surface area contributed by atoms with E-state index in [1.807, 2.05) is 28.8 Å². The van der Waals surface area contributed by atoms with Crippen LogP contribution in [-0.2, 0) is 6.54 Å². The molecule has 0 radical (unpaired) electrons. The summed E-state index contributed by atoms with van der Waals surface area (Å²) >= 11 is 3.43. The van der Waals surface area contributed by atoms with Gasteiger partial charge in [-0.05, 0) is 37.5 Å². The van der Waals surface area contributed by atoms with Gasteiger partial charge >= 0.3 is 0 Å². The summed E-state index contributed by atoms with van der Waals surface area (Å²) in [5.74, 6) is 1.24. The first-order valence-corrected chi connectivity index (χ1v) is 7.31. The van der Waals surface area contributed by atoms with Gasteiger partial charge in [-0.1, -0.05) is 22.0 Å². The van der Waals surface area contributed by atoms with Crippen LogP contribution in [0.3, 0.4) is 0 Å². The van der Waals surface area contributed by atoms with Crippen LogP contribution in [0, 0.1) is 0 Å². The Morgan fingerprint density at radius 2 is 2.37 bits per heavy atom. The highest BCUT2D eigenvalue weighted by Gasteiger charge is 2.22. The topological polar surface area (TPSA) is 34.9 Å². The Kier molecular flexibility index (Phi) is 3.27. The van der Waals surface area contributed by atoms with Crippen molar-refractivity contribution in [1.82, 2.24) is 9.55 Å². The van der Waals surface area contributed by atoms with Crippen molar-refractivity contribution in [3.63, 3.8) is 0 Å². The van der Waals surface area contributed by atoms with Crippen molar-refractivity contribution in [1.29, 1.82) is 0 Å². The summed E-state index contributed by atoms with van der Waals surface area (Å²) in [5.41, 5.74) is 0.864. The van der Waals surface area contributed by atoms with Gasteiger partial charge < -0.3 is 0 Å². The fraction of sp³-hybridized carbons (Fsp3) is 0.333. The van der Waals surface area contributed by atoms with Gasteiger partial charge in [0.15, 0.2) is 0 Å². The molecule has 2 aromatic rings. The lowest BCUT2D eigenvalue weighted by Gasteiger charge is -2.25. The lowest BCUT2D eigenvalue weighted by molar-refractivity contribution is 0.429. The van der Waals surface area contributed by atoms with E-state index in [9.17, 15) is 4.79 Å². The third-order valence-corrected chi connectivity index (χ3v) is 4.19. The maximum Gasteiger partial charge on any atom is 0.261 e. The molecule has 0 N–H and O–H groups in total. The summed E-state index contributed by atoms with van der Waals surface area (Å²) in [5, 5.41) is 0.700. The van der Waals surface area contributed by atoms with Gasteiger partial charge in [-0.2, -0.15) is 0 Å². The number of nitrogens with zero attached hydrogens (tertiary/aromatic N) is 2. The van der Waals surface area contributed by atoms with Gasteiger partial charge in [0.1, 0.15) is 5.82 Å². The summed E-state index contributed by atoms with van der Waals surface area (Å²) in [6.45, 7) is 4.58. The molecule has 98 valence electrons. The van der Waals surface area contributed by atoms with Crippen LogP contribution in [0.1, 0.15) is 31.0 Å². The standard InChI is InChI=1S/C15H15BrN2O/c1-2-4-10-5-3-8-18-14(10)17-13-9-11(16)6-7-12(13)15(18)19/h2,6-7,9-10H,1,3-5,8H2. The van der Waals surface area contributed by atoms with E-state index >= 15 is 0 Å². The van der Waals surface area contributed by atoms with Gasteiger partial charge in [-0.3, -0.25) is 9.36 Å². The van der Waals surface area contributed by atoms with Gasteiger partial charge in [0, 0.05) is 16.9 Å². The molecular weight excluding hydrogens is 304 g/mol. The van der Waals surface area contributed by atoms with E-state index in [4.69, 9.17) is 4.98 Å². The van der Waals surface area contributed by atoms with Crippen LogP contribution >= 0.6 is 15.9 Å². The monoisotopic (exact) mass is 318 g/mol. The molecule has 1 aliphatic heterocycles. The maximum atomic E-state index is 12.5. The number of aromatic nitrogens is 2. The molecule has 0 saturated heterocycles. The molecule has 0 amide bonds. The molecule has 0 aliphatic carbocycles. The second kappa shape index (κ2) is 4.93. The SMILES string of the molecule is C=CCC1CCCn2c1nc1cc(Br)ccc1c2=O. The van der Waals surface area contributed by atoms with E-state index in [0.717, 1.165) is 41.6 Å². The molecule has 1 aromatic heterocycles. The lowest BCUT2D eigenvalue weighted by atomic mass is 9.95. The number of hydrogen-bond acceptors (Lipinski definition) is 2. The van der Waals surface area contributed by atoms with Crippen LogP contribution in [0.25, 0.3) is 10.9 Å². The van der Waals surface area contributed by atoms with E-state index in [0.29, 0.717) is 11.3 Å². The van der Waals surface area contributed by atoms with E-state index < -0.39 is 0 Å². The summed E-state index contributed by atoms with van der Waals surface area (Å²) in [4.78, 5) is 17.2. The highest BCUT2D eigenvalue weighted by molar-refractivity contribution is 9.10. The highest BCUT2D eigenvalue weighted by atomic mass is 79.9. The second-order valence-electron chi connectivity index (χ2n) is 4.95. The Morgan fingerprint density at radius 3 is 3.16 bits per heavy atom. The van der Waals surface area contributed by atoms with Crippen molar-refractivity contribution in [2.45, 2.75) is 31.7 Å². The van der Waals surface area contributed by atoms with Gasteiger partial charge in [-0.15, -0.1) is 6.58 Å².